The van der Waals surface area contributed by atoms with Crippen molar-refractivity contribution in [1.29, 1.82) is 0 Å². The van der Waals surface area contributed by atoms with Crippen LogP contribution in [0.2, 0.25) is 0 Å². The van der Waals surface area contributed by atoms with E-state index in [1.807, 2.05) is 19.2 Å². The Labute approximate surface area is 117 Å². The van der Waals surface area contributed by atoms with Crippen LogP contribution in [0.5, 0.6) is 5.75 Å². The van der Waals surface area contributed by atoms with E-state index in [0.29, 0.717) is 6.10 Å². The molecule has 2 rings (SSSR count). The summed E-state index contributed by atoms with van der Waals surface area (Å²) in [4.78, 5) is 0. The average molecular weight is 314 g/mol. The molecular formula is C14H20BrNO2. The number of ether oxygens (including phenoxy) is 2. The molecule has 0 aliphatic carbocycles. The van der Waals surface area contributed by atoms with Crippen LogP contribution in [0.4, 0.5) is 0 Å². The first-order chi connectivity index (χ1) is 8.79. The Hall–Kier alpha value is -0.580. The largest absolute Gasteiger partial charge is 0.493 e. The Kier molecular flexibility index (Phi) is 5.47. The summed E-state index contributed by atoms with van der Waals surface area (Å²) in [7, 11) is 1.94. The van der Waals surface area contributed by atoms with E-state index in [4.69, 9.17) is 9.47 Å². The van der Waals surface area contributed by atoms with Crippen LogP contribution in [0.1, 0.15) is 24.8 Å². The topological polar surface area (TPSA) is 30.5 Å². The third-order valence-electron chi connectivity index (χ3n) is 3.12. The number of nitrogens with one attached hydrogen (secondary N) is 1. The minimum atomic E-state index is 0.400. The molecule has 1 heterocycles. The SMILES string of the molecule is CNCc1cc(OCCC2CCCO2)ccc1Br. The van der Waals surface area contributed by atoms with Gasteiger partial charge in [0.05, 0.1) is 12.7 Å². The lowest BCUT2D eigenvalue weighted by Crippen LogP contribution is -2.11. The molecule has 1 N–H and O–H groups in total. The summed E-state index contributed by atoms with van der Waals surface area (Å²) in [6, 6.07) is 6.11. The van der Waals surface area contributed by atoms with Gasteiger partial charge < -0.3 is 14.8 Å². The van der Waals surface area contributed by atoms with E-state index in [1.165, 1.54) is 18.4 Å². The van der Waals surface area contributed by atoms with Gasteiger partial charge >= 0.3 is 0 Å². The fourth-order valence-electron chi connectivity index (χ4n) is 2.15. The third kappa shape index (κ3) is 3.97. The second kappa shape index (κ2) is 7.12. The smallest absolute Gasteiger partial charge is 0.119 e. The van der Waals surface area contributed by atoms with Gasteiger partial charge in [0.15, 0.2) is 0 Å². The first-order valence-electron chi connectivity index (χ1n) is 6.47. The highest BCUT2D eigenvalue weighted by molar-refractivity contribution is 9.10. The van der Waals surface area contributed by atoms with E-state index in [1.54, 1.807) is 0 Å². The van der Waals surface area contributed by atoms with Gasteiger partial charge in [-0.2, -0.15) is 0 Å². The first-order valence-corrected chi connectivity index (χ1v) is 7.26. The number of hydrogen-bond donors (Lipinski definition) is 1. The monoisotopic (exact) mass is 313 g/mol. The molecular weight excluding hydrogens is 294 g/mol. The average Bonchev–Trinajstić information content (AvgIpc) is 2.87. The summed E-state index contributed by atoms with van der Waals surface area (Å²) < 4.78 is 12.5. The molecule has 1 aliphatic rings. The zero-order valence-electron chi connectivity index (χ0n) is 10.7. The van der Waals surface area contributed by atoms with Gasteiger partial charge in [0.25, 0.3) is 0 Å². The minimum absolute atomic E-state index is 0.400. The van der Waals surface area contributed by atoms with E-state index in [2.05, 4.69) is 27.3 Å². The highest BCUT2D eigenvalue weighted by atomic mass is 79.9. The molecule has 0 spiro atoms. The molecule has 1 saturated heterocycles. The molecule has 1 fully saturated rings. The van der Waals surface area contributed by atoms with E-state index in [0.717, 1.165) is 36.4 Å². The van der Waals surface area contributed by atoms with Crippen LogP contribution in [-0.2, 0) is 11.3 Å². The summed E-state index contributed by atoms with van der Waals surface area (Å²) >= 11 is 3.54. The fourth-order valence-corrected chi connectivity index (χ4v) is 2.53. The number of rotatable bonds is 6. The molecule has 100 valence electrons. The predicted molar refractivity (Wildman–Crippen MR) is 76.0 cm³/mol. The van der Waals surface area contributed by atoms with Crippen molar-refractivity contribution in [2.75, 3.05) is 20.3 Å². The molecule has 0 saturated carbocycles. The highest BCUT2D eigenvalue weighted by Gasteiger charge is 2.15. The number of benzene rings is 1. The van der Waals surface area contributed by atoms with E-state index < -0.39 is 0 Å². The normalized spacial score (nSPS) is 19.1. The molecule has 1 atom stereocenters. The molecule has 1 aromatic carbocycles. The first kappa shape index (κ1) is 13.8. The lowest BCUT2D eigenvalue weighted by Gasteiger charge is -2.12. The molecule has 0 bridgehead atoms. The van der Waals surface area contributed by atoms with E-state index >= 15 is 0 Å². The second-order valence-electron chi connectivity index (χ2n) is 4.56. The summed E-state index contributed by atoms with van der Waals surface area (Å²) in [6.45, 7) is 2.48. The maximum absolute atomic E-state index is 5.78. The van der Waals surface area contributed by atoms with Gasteiger partial charge in [0, 0.05) is 24.0 Å². The molecule has 4 heteroatoms. The van der Waals surface area contributed by atoms with Crippen molar-refractivity contribution in [3.05, 3.63) is 28.2 Å². The molecule has 0 radical (unpaired) electrons. The fraction of sp³-hybridized carbons (Fsp3) is 0.571. The van der Waals surface area contributed by atoms with Gasteiger partial charge in [0.2, 0.25) is 0 Å². The van der Waals surface area contributed by atoms with Crippen LogP contribution < -0.4 is 10.1 Å². The maximum atomic E-state index is 5.78. The Morgan fingerprint density at radius 3 is 3.11 bits per heavy atom. The lowest BCUT2D eigenvalue weighted by molar-refractivity contribution is 0.0903. The minimum Gasteiger partial charge on any atom is -0.493 e. The van der Waals surface area contributed by atoms with Gasteiger partial charge in [-0.25, -0.2) is 0 Å². The zero-order valence-corrected chi connectivity index (χ0v) is 12.3. The summed E-state index contributed by atoms with van der Waals surface area (Å²) in [5.41, 5.74) is 1.21. The van der Waals surface area contributed by atoms with E-state index in [9.17, 15) is 0 Å². The van der Waals surface area contributed by atoms with Crippen molar-refractivity contribution >= 4 is 15.9 Å². The van der Waals surface area contributed by atoms with Crippen LogP contribution in [0.3, 0.4) is 0 Å². The van der Waals surface area contributed by atoms with Gasteiger partial charge in [-0.1, -0.05) is 15.9 Å². The van der Waals surface area contributed by atoms with Crippen molar-refractivity contribution in [2.45, 2.75) is 31.9 Å². The Balaban J connectivity index is 1.82. The highest BCUT2D eigenvalue weighted by Crippen LogP contribution is 2.23. The lowest BCUT2D eigenvalue weighted by atomic mass is 10.2. The summed E-state index contributed by atoms with van der Waals surface area (Å²) in [5, 5.41) is 3.15. The Bertz CT molecular complexity index is 378. The number of halogens is 1. The zero-order chi connectivity index (χ0) is 12.8. The van der Waals surface area contributed by atoms with Gasteiger partial charge in [-0.3, -0.25) is 0 Å². The van der Waals surface area contributed by atoms with E-state index in [-0.39, 0.29) is 0 Å². The molecule has 1 aromatic rings. The van der Waals surface area contributed by atoms with Crippen molar-refractivity contribution in [3.63, 3.8) is 0 Å². The van der Waals surface area contributed by atoms with Crippen LogP contribution in [0.15, 0.2) is 22.7 Å². The van der Waals surface area contributed by atoms with Crippen LogP contribution in [-0.4, -0.2) is 26.4 Å². The molecule has 0 amide bonds. The Morgan fingerprint density at radius 1 is 1.50 bits per heavy atom. The molecule has 1 aliphatic heterocycles. The van der Waals surface area contributed by atoms with Gasteiger partial charge in [0.1, 0.15) is 5.75 Å². The van der Waals surface area contributed by atoms with Crippen molar-refractivity contribution in [1.82, 2.24) is 5.32 Å². The molecule has 0 aromatic heterocycles. The number of hydrogen-bond acceptors (Lipinski definition) is 3. The molecule has 1 unspecified atom stereocenters. The Morgan fingerprint density at radius 2 is 2.39 bits per heavy atom. The van der Waals surface area contributed by atoms with Crippen molar-refractivity contribution in [2.24, 2.45) is 0 Å². The van der Waals surface area contributed by atoms with Crippen LogP contribution in [0.25, 0.3) is 0 Å². The van der Waals surface area contributed by atoms with Crippen LogP contribution >= 0.6 is 15.9 Å². The van der Waals surface area contributed by atoms with Gasteiger partial charge in [-0.15, -0.1) is 0 Å². The standard InChI is InChI=1S/C14H20BrNO2/c1-16-10-11-9-13(4-5-14(11)15)18-8-6-12-3-2-7-17-12/h4-5,9,12,16H,2-3,6-8,10H2,1H3. The summed E-state index contributed by atoms with van der Waals surface area (Å²) in [6.07, 6.45) is 3.75. The quantitative estimate of drug-likeness (QED) is 0.875. The maximum Gasteiger partial charge on any atom is 0.119 e. The molecule has 3 nitrogen and oxygen atoms in total. The van der Waals surface area contributed by atoms with Crippen LogP contribution in [0, 0.1) is 0 Å². The second-order valence-corrected chi connectivity index (χ2v) is 5.41. The van der Waals surface area contributed by atoms with Crippen molar-refractivity contribution < 1.29 is 9.47 Å². The molecule has 18 heavy (non-hydrogen) atoms. The third-order valence-corrected chi connectivity index (χ3v) is 3.89. The van der Waals surface area contributed by atoms with Crippen molar-refractivity contribution in [3.8, 4) is 5.75 Å². The summed E-state index contributed by atoms with van der Waals surface area (Å²) in [5.74, 6) is 0.932. The predicted octanol–water partition coefficient (Wildman–Crippen LogP) is 3.12. The van der Waals surface area contributed by atoms with Gasteiger partial charge in [-0.05, 0) is 43.7 Å².